The zero-order chi connectivity index (χ0) is 18.6. The van der Waals surface area contributed by atoms with Crippen molar-refractivity contribution in [1.29, 1.82) is 0 Å². The Balaban J connectivity index is 2.25. The molecule has 0 spiro atoms. The molecule has 6 heteroatoms. The van der Waals surface area contributed by atoms with Crippen LogP contribution in [0.4, 0.5) is 4.79 Å². The van der Waals surface area contributed by atoms with Gasteiger partial charge in [0.2, 0.25) is 0 Å². The average Bonchev–Trinajstić information content (AvgIpc) is 3.33. The fourth-order valence-electron chi connectivity index (χ4n) is 2.52. The molecule has 1 aromatic carbocycles. The summed E-state index contributed by atoms with van der Waals surface area (Å²) in [6.07, 6.45) is 1.89. The van der Waals surface area contributed by atoms with E-state index in [0.717, 1.165) is 19.3 Å². The van der Waals surface area contributed by atoms with Gasteiger partial charge in [-0.1, -0.05) is 19.1 Å². The molecule has 1 aliphatic rings. The minimum atomic E-state index is -1.07. The van der Waals surface area contributed by atoms with Gasteiger partial charge in [-0.2, -0.15) is 0 Å². The van der Waals surface area contributed by atoms with Crippen molar-refractivity contribution in [2.45, 2.75) is 64.6 Å². The summed E-state index contributed by atoms with van der Waals surface area (Å²) in [5.74, 6) is -0.384. The van der Waals surface area contributed by atoms with Crippen molar-refractivity contribution in [2.24, 2.45) is 0 Å². The van der Waals surface area contributed by atoms with Gasteiger partial charge >= 0.3 is 12.1 Å². The highest BCUT2D eigenvalue weighted by molar-refractivity contribution is 5.82. The normalized spacial score (nSPS) is 15.4. The van der Waals surface area contributed by atoms with Gasteiger partial charge in [-0.25, -0.2) is 9.59 Å². The first-order valence-corrected chi connectivity index (χ1v) is 8.70. The van der Waals surface area contributed by atoms with Gasteiger partial charge in [0.1, 0.15) is 11.4 Å². The highest BCUT2D eigenvalue weighted by atomic mass is 16.6. The van der Waals surface area contributed by atoms with E-state index in [4.69, 9.17) is 9.47 Å². The lowest BCUT2D eigenvalue weighted by atomic mass is 10.1. The Morgan fingerprint density at radius 2 is 1.84 bits per heavy atom. The molecule has 0 saturated heterocycles. The average molecular weight is 349 g/mol. The molecule has 1 saturated carbocycles. The molecule has 1 amide bonds. The lowest BCUT2D eigenvalue weighted by molar-refractivity contribution is -0.143. The summed E-state index contributed by atoms with van der Waals surface area (Å²) in [5, 5.41) is 9.75. The molecule has 1 N–H and O–H groups in total. The first kappa shape index (κ1) is 19.1. The Bertz CT molecular complexity index is 601. The van der Waals surface area contributed by atoms with Gasteiger partial charge in [-0.05, 0) is 57.7 Å². The van der Waals surface area contributed by atoms with Crippen LogP contribution in [0.1, 0.15) is 58.6 Å². The second kappa shape index (κ2) is 7.76. The second-order valence-corrected chi connectivity index (χ2v) is 7.28. The van der Waals surface area contributed by atoms with E-state index < -0.39 is 23.7 Å². The number of nitrogens with zero attached hydrogens (tertiary/aromatic N) is 1. The molecule has 1 atom stereocenters. The monoisotopic (exact) mass is 349 g/mol. The number of carboxylic acid groups (broad SMARTS) is 1. The highest BCUT2D eigenvalue weighted by Gasteiger charge is 2.43. The summed E-state index contributed by atoms with van der Waals surface area (Å²) >= 11 is 0. The van der Waals surface area contributed by atoms with Crippen molar-refractivity contribution < 1.29 is 24.2 Å². The topological polar surface area (TPSA) is 76.1 Å². The van der Waals surface area contributed by atoms with Crippen LogP contribution in [-0.2, 0) is 9.53 Å². The van der Waals surface area contributed by atoms with Crippen molar-refractivity contribution in [2.75, 3.05) is 6.61 Å². The Morgan fingerprint density at radius 1 is 1.24 bits per heavy atom. The van der Waals surface area contributed by atoms with E-state index in [9.17, 15) is 14.7 Å². The first-order valence-electron chi connectivity index (χ1n) is 8.70. The van der Waals surface area contributed by atoms with Crippen LogP contribution in [0.5, 0.6) is 5.75 Å². The number of benzene rings is 1. The largest absolute Gasteiger partial charge is 0.494 e. The third-order valence-corrected chi connectivity index (χ3v) is 3.73. The number of carbonyl (C=O) groups excluding carboxylic acids is 1. The zero-order valence-electron chi connectivity index (χ0n) is 15.3. The van der Waals surface area contributed by atoms with Crippen LogP contribution >= 0.6 is 0 Å². The zero-order valence-corrected chi connectivity index (χ0v) is 15.3. The molecule has 1 aromatic rings. The lowest BCUT2D eigenvalue weighted by Gasteiger charge is -2.31. The molecule has 1 aliphatic carbocycles. The smallest absolute Gasteiger partial charge is 0.411 e. The molecule has 1 fully saturated rings. The summed E-state index contributed by atoms with van der Waals surface area (Å²) in [6, 6.07) is 5.71. The Hall–Kier alpha value is -2.24. The molecule has 1 unspecified atom stereocenters. The summed E-state index contributed by atoms with van der Waals surface area (Å²) in [6.45, 7) is 7.93. The van der Waals surface area contributed by atoms with Gasteiger partial charge in [0.05, 0.1) is 6.61 Å². The highest BCUT2D eigenvalue weighted by Crippen LogP contribution is 2.36. The number of carboxylic acids is 1. The fraction of sp³-hybridized carbons (Fsp3) is 0.579. The van der Waals surface area contributed by atoms with E-state index in [1.165, 1.54) is 4.90 Å². The molecular formula is C19H27NO5. The van der Waals surface area contributed by atoms with Gasteiger partial charge in [0.15, 0.2) is 6.04 Å². The third-order valence-electron chi connectivity index (χ3n) is 3.73. The van der Waals surface area contributed by atoms with Crippen LogP contribution in [0.2, 0.25) is 0 Å². The van der Waals surface area contributed by atoms with Crippen LogP contribution in [-0.4, -0.2) is 40.3 Å². The predicted molar refractivity (Wildman–Crippen MR) is 93.7 cm³/mol. The SMILES string of the molecule is CCCOc1ccc(C(C(=O)O)N(C(=O)OC(C)(C)C)C2CC2)cc1. The molecule has 0 radical (unpaired) electrons. The summed E-state index contributed by atoms with van der Waals surface area (Å²) < 4.78 is 11.0. The van der Waals surface area contributed by atoms with Crippen molar-refractivity contribution in [3.05, 3.63) is 29.8 Å². The van der Waals surface area contributed by atoms with Gasteiger partial charge < -0.3 is 14.6 Å². The Kier molecular flexibility index (Phi) is 5.93. The van der Waals surface area contributed by atoms with Crippen molar-refractivity contribution in [3.63, 3.8) is 0 Å². The van der Waals surface area contributed by atoms with Crippen molar-refractivity contribution in [1.82, 2.24) is 4.90 Å². The Morgan fingerprint density at radius 3 is 2.28 bits per heavy atom. The summed E-state index contributed by atoms with van der Waals surface area (Å²) in [7, 11) is 0. The van der Waals surface area contributed by atoms with E-state index in [1.807, 2.05) is 6.92 Å². The molecule has 0 heterocycles. The first-order chi connectivity index (χ1) is 11.7. The van der Waals surface area contributed by atoms with Crippen molar-refractivity contribution >= 4 is 12.1 Å². The van der Waals surface area contributed by atoms with Gasteiger partial charge in [-0.15, -0.1) is 0 Å². The molecule has 0 aliphatic heterocycles. The van der Waals surface area contributed by atoms with Gasteiger partial charge in [-0.3, -0.25) is 4.90 Å². The van der Waals surface area contributed by atoms with Gasteiger partial charge in [0, 0.05) is 6.04 Å². The number of ether oxygens (including phenoxy) is 2. The summed E-state index contributed by atoms with van der Waals surface area (Å²) in [5.41, 5.74) is -0.139. The number of hydrogen-bond donors (Lipinski definition) is 1. The van der Waals surface area contributed by atoms with Crippen molar-refractivity contribution in [3.8, 4) is 5.75 Å². The van der Waals surface area contributed by atoms with Crippen LogP contribution in [0.3, 0.4) is 0 Å². The van der Waals surface area contributed by atoms with E-state index >= 15 is 0 Å². The molecule has 6 nitrogen and oxygen atoms in total. The molecule has 0 bridgehead atoms. The van der Waals surface area contributed by atoms with E-state index in [1.54, 1.807) is 45.0 Å². The van der Waals surface area contributed by atoms with Crippen LogP contribution in [0.15, 0.2) is 24.3 Å². The van der Waals surface area contributed by atoms with Crippen LogP contribution < -0.4 is 4.74 Å². The molecular weight excluding hydrogens is 322 g/mol. The fourth-order valence-corrected chi connectivity index (χ4v) is 2.52. The number of amides is 1. The third kappa shape index (κ3) is 5.37. The summed E-state index contributed by atoms with van der Waals surface area (Å²) in [4.78, 5) is 25.9. The predicted octanol–water partition coefficient (Wildman–Crippen LogP) is 4.00. The minimum Gasteiger partial charge on any atom is -0.494 e. The molecule has 2 rings (SSSR count). The Labute approximate surface area is 148 Å². The molecule has 25 heavy (non-hydrogen) atoms. The van der Waals surface area contributed by atoms with E-state index in [0.29, 0.717) is 17.9 Å². The maximum Gasteiger partial charge on any atom is 0.411 e. The molecule has 0 aromatic heterocycles. The maximum atomic E-state index is 12.6. The van der Waals surface area contributed by atoms with Crippen LogP contribution in [0, 0.1) is 0 Å². The lowest BCUT2D eigenvalue weighted by Crippen LogP contribution is -2.43. The number of aliphatic carboxylic acids is 1. The van der Waals surface area contributed by atoms with E-state index in [-0.39, 0.29) is 6.04 Å². The second-order valence-electron chi connectivity index (χ2n) is 7.28. The van der Waals surface area contributed by atoms with Gasteiger partial charge in [0.25, 0.3) is 0 Å². The van der Waals surface area contributed by atoms with E-state index in [2.05, 4.69) is 0 Å². The van der Waals surface area contributed by atoms with Crippen LogP contribution in [0.25, 0.3) is 0 Å². The quantitative estimate of drug-likeness (QED) is 0.805. The minimum absolute atomic E-state index is 0.0908. The number of carbonyl (C=O) groups is 2. The maximum absolute atomic E-state index is 12.6. The number of hydrogen-bond acceptors (Lipinski definition) is 4. The molecule has 138 valence electrons. The number of rotatable bonds is 7. The standard InChI is InChI=1S/C19H27NO5/c1-5-12-24-15-10-6-13(7-11-15)16(17(21)22)20(14-8-9-14)18(23)25-19(2,3)4/h6-7,10-11,14,16H,5,8-9,12H2,1-4H3,(H,21,22).